The molecule has 3 rings (SSSR count). The van der Waals surface area contributed by atoms with Gasteiger partial charge in [0.1, 0.15) is 5.60 Å². The van der Waals surface area contributed by atoms with E-state index in [-0.39, 0.29) is 11.2 Å². The molecule has 2 aliphatic carbocycles. The molecule has 2 atom stereocenters. The molecule has 0 N–H and O–H groups in total. The summed E-state index contributed by atoms with van der Waals surface area (Å²) in [5.74, 6) is 0.426. The third kappa shape index (κ3) is 1.85. The van der Waals surface area contributed by atoms with Crippen molar-refractivity contribution in [2.75, 3.05) is 0 Å². The number of ether oxygens (including phenoxy) is 1. The molecule has 0 bridgehead atoms. The van der Waals surface area contributed by atoms with Gasteiger partial charge in [0, 0.05) is 6.42 Å². The van der Waals surface area contributed by atoms with Crippen LogP contribution < -0.4 is 0 Å². The number of hydrogen-bond donors (Lipinski definition) is 0. The fourth-order valence-corrected chi connectivity index (χ4v) is 4.07. The highest BCUT2D eigenvalue weighted by molar-refractivity contribution is 5.92. The summed E-state index contributed by atoms with van der Waals surface area (Å²) in [6, 6.07) is 0. The van der Waals surface area contributed by atoms with E-state index in [9.17, 15) is 4.79 Å². The van der Waals surface area contributed by atoms with E-state index < -0.39 is 0 Å². The quantitative estimate of drug-likeness (QED) is 0.599. The predicted octanol–water partition coefficient (Wildman–Crippen LogP) is 3.77. The molecular formula is C15H24O2. The van der Waals surface area contributed by atoms with E-state index >= 15 is 0 Å². The van der Waals surface area contributed by atoms with Gasteiger partial charge in [0.25, 0.3) is 0 Å². The summed E-state index contributed by atoms with van der Waals surface area (Å²) in [7, 11) is 0. The highest BCUT2D eigenvalue weighted by Gasteiger charge is 2.74. The van der Waals surface area contributed by atoms with Crippen LogP contribution in [0.3, 0.4) is 0 Å². The van der Waals surface area contributed by atoms with Gasteiger partial charge in [-0.15, -0.1) is 0 Å². The van der Waals surface area contributed by atoms with E-state index in [1.54, 1.807) is 0 Å². The summed E-state index contributed by atoms with van der Waals surface area (Å²) in [6.45, 7) is 0. The van der Waals surface area contributed by atoms with Crippen LogP contribution in [-0.2, 0) is 9.53 Å². The average molecular weight is 236 g/mol. The van der Waals surface area contributed by atoms with Gasteiger partial charge < -0.3 is 4.74 Å². The van der Waals surface area contributed by atoms with Crippen molar-refractivity contribution in [2.24, 2.45) is 0 Å². The second-order valence-electron chi connectivity index (χ2n) is 6.17. The van der Waals surface area contributed by atoms with Gasteiger partial charge in [0.05, 0.1) is 0 Å². The zero-order chi connectivity index (χ0) is 11.8. The molecule has 3 fully saturated rings. The smallest absolute Gasteiger partial charge is 0.167 e. The van der Waals surface area contributed by atoms with E-state index in [1.165, 1.54) is 44.9 Å². The molecule has 0 aromatic heterocycles. The van der Waals surface area contributed by atoms with E-state index in [2.05, 4.69) is 0 Å². The summed E-state index contributed by atoms with van der Waals surface area (Å²) in [5.41, 5.74) is -0.296. The molecule has 2 nitrogen and oxygen atoms in total. The third-order valence-corrected chi connectivity index (χ3v) is 5.11. The van der Waals surface area contributed by atoms with Gasteiger partial charge in [-0.1, -0.05) is 38.5 Å². The maximum Gasteiger partial charge on any atom is 0.167 e. The number of carbonyl (C=O) groups is 1. The second kappa shape index (κ2) is 4.38. The van der Waals surface area contributed by atoms with Crippen LogP contribution in [-0.4, -0.2) is 17.0 Å². The molecule has 2 unspecified atom stereocenters. The lowest BCUT2D eigenvalue weighted by molar-refractivity contribution is -0.124. The average Bonchev–Trinajstić information content (AvgIpc) is 2.83. The maximum atomic E-state index is 12.3. The first kappa shape index (κ1) is 11.7. The van der Waals surface area contributed by atoms with Gasteiger partial charge in [0.15, 0.2) is 11.4 Å². The van der Waals surface area contributed by atoms with Gasteiger partial charge in [-0.3, -0.25) is 4.79 Å². The van der Waals surface area contributed by atoms with Crippen molar-refractivity contribution in [3.63, 3.8) is 0 Å². The summed E-state index contributed by atoms with van der Waals surface area (Å²) in [5, 5.41) is 0. The number of epoxide rings is 1. The first-order valence-electron chi connectivity index (χ1n) is 7.53. The van der Waals surface area contributed by atoms with Crippen molar-refractivity contribution in [2.45, 2.75) is 88.3 Å². The van der Waals surface area contributed by atoms with Gasteiger partial charge in [-0.05, 0) is 32.1 Å². The van der Waals surface area contributed by atoms with Crippen molar-refractivity contribution in [1.29, 1.82) is 0 Å². The summed E-state index contributed by atoms with van der Waals surface area (Å²) >= 11 is 0. The van der Waals surface area contributed by atoms with Crippen LogP contribution in [0.25, 0.3) is 0 Å². The zero-order valence-corrected chi connectivity index (χ0v) is 10.8. The third-order valence-electron chi connectivity index (χ3n) is 5.11. The van der Waals surface area contributed by atoms with Crippen LogP contribution in [0.4, 0.5) is 0 Å². The van der Waals surface area contributed by atoms with Gasteiger partial charge in [-0.25, -0.2) is 0 Å². The highest BCUT2D eigenvalue weighted by Crippen LogP contribution is 2.63. The van der Waals surface area contributed by atoms with Gasteiger partial charge >= 0.3 is 0 Å². The Morgan fingerprint density at radius 3 is 2.24 bits per heavy atom. The van der Waals surface area contributed by atoms with E-state index in [0.29, 0.717) is 5.78 Å². The minimum Gasteiger partial charge on any atom is -0.354 e. The van der Waals surface area contributed by atoms with Crippen molar-refractivity contribution in [3.8, 4) is 0 Å². The van der Waals surface area contributed by atoms with E-state index in [4.69, 9.17) is 4.74 Å². The molecule has 1 aliphatic heterocycles. The normalized spacial score (nSPS) is 43.2. The molecule has 0 spiro atoms. The van der Waals surface area contributed by atoms with Crippen LogP contribution in [0.15, 0.2) is 0 Å². The largest absolute Gasteiger partial charge is 0.354 e. The highest BCUT2D eigenvalue weighted by atomic mass is 16.6. The van der Waals surface area contributed by atoms with Gasteiger partial charge in [-0.2, -0.15) is 0 Å². The molecule has 0 amide bonds. The Morgan fingerprint density at radius 1 is 0.765 bits per heavy atom. The Bertz CT molecular complexity index is 312. The molecule has 3 aliphatic rings. The molecule has 0 aromatic carbocycles. The van der Waals surface area contributed by atoms with Gasteiger partial charge in [0.2, 0.25) is 0 Å². The predicted molar refractivity (Wildman–Crippen MR) is 67.0 cm³/mol. The number of rotatable bonds is 0. The number of hydrogen-bond acceptors (Lipinski definition) is 2. The minimum absolute atomic E-state index is 0.00325. The standard InChI is InChI=1S/C15H24O2/c16-13-9-6-4-2-1-3-5-7-10-14-11-8-12-15(13,14)17-14/h1-12H2. The van der Waals surface area contributed by atoms with Crippen LogP contribution in [0.5, 0.6) is 0 Å². The molecule has 1 heterocycles. The first-order chi connectivity index (χ1) is 8.29. The number of carbonyl (C=O) groups excluding carboxylic acids is 1. The molecular weight excluding hydrogens is 212 g/mol. The van der Waals surface area contributed by atoms with Crippen LogP contribution in [0.1, 0.15) is 77.0 Å². The van der Waals surface area contributed by atoms with Crippen LogP contribution in [0.2, 0.25) is 0 Å². The molecule has 2 saturated carbocycles. The Labute approximate surface area is 104 Å². The molecule has 0 radical (unpaired) electrons. The zero-order valence-electron chi connectivity index (χ0n) is 10.8. The lowest BCUT2D eigenvalue weighted by Crippen LogP contribution is -2.29. The lowest BCUT2D eigenvalue weighted by Gasteiger charge is -2.13. The molecule has 17 heavy (non-hydrogen) atoms. The fraction of sp³-hybridized carbons (Fsp3) is 0.933. The van der Waals surface area contributed by atoms with Crippen molar-refractivity contribution >= 4 is 5.78 Å². The lowest BCUT2D eigenvalue weighted by atomic mass is 9.85. The Kier molecular flexibility index (Phi) is 3.02. The summed E-state index contributed by atoms with van der Waals surface area (Å²) in [6.07, 6.45) is 14.2. The van der Waals surface area contributed by atoms with Crippen molar-refractivity contribution in [1.82, 2.24) is 0 Å². The Morgan fingerprint density at radius 2 is 1.41 bits per heavy atom. The fourth-order valence-electron chi connectivity index (χ4n) is 4.07. The molecule has 96 valence electrons. The Hall–Kier alpha value is -0.370. The Balaban J connectivity index is 1.70. The SMILES string of the molecule is O=C1CCCCCCCCCC23CCCC12O3. The number of ketones is 1. The molecule has 2 heteroatoms. The summed E-state index contributed by atoms with van der Waals surface area (Å²) < 4.78 is 6.00. The monoisotopic (exact) mass is 236 g/mol. The minimum atomic E-state index is -0.299. The van der Waals surface area contributed by atoms with Crippen LogP contribution >= 0.6 is 0 Å². The van der Waals surface area contributed by atoms with E-state index in [1.807, 2.05) is 0 Å². The number of Topliss-reactive ketones (excluding diaryl/α,β-unsaturated/α-hetero) is 1. The topological polar surface area (TPSA) is 29.6 Å². The van der Waals surface area contributed by atoms with Crippen LogP contribution in [0, 0.1) is 0 Å². The maximum absolute atomic E-state index is 12.3. The van der Waals surface area contributed by atoms with Crippen molar-refractivity contribution in [3.05, 3.63) is 0 Å². The van der Waals surface area contributed by atoms with E-state index in [0.717, 1.165) is 32.1 Å². The van der Waals surface area contributed by atoms with Crippen molar-refractivity contribution < 1.29 is 9.53 Å². The first-order valence-corrected chi connectivity index (χ1v) is 7.53. The molecule has 0 aromatic rings. The second-order valence-corrected chi connectivity index (χ2v) is 6.17. The summed E-state index contributed by atoms with van der Waals surface area (Å²) in [4.78, 5) is 12.3. The molecule has 1 saturated heterocycles.